The van der Waals surface area contributed by atoms with E-state index in [4.69, 9.17) is 0 Å². The van der Waals surface area contributed by atoms with Gasteiger partial charge in [-0.3, -0.25) is 0 Å². The third-order valence-electron chi connectivity index (χ3n) is 16.8. The van der Waals surface area contributed by atoms with Gasteiger partial charge in [0.15, 0.2) is 7.28 Å². The van der Waals surface area contributed by atoms with Gasteiger partial charge < -0.3 is 9.88 Å². The zero-order valence-corrected chi connectivity index (χ0v) is 42.2. The van der Waals surface area contributed by atoms with E-state index >= 15 is 0 Å². The summed E-state index contributed by atoms with van der Waals surface area (Å²) in [5, 5.41) is 12.1. The van der Waals surface area contributed by atoms with Gasteiger partial charge in [-0.15, -0.1) is 22.7 Å². The molecule has 2 aliphatic carbocycles. The largest absolute Gasteiger partial charge is 0.355 e. The maximum Gasteiger partial charge on any atom is 0.198 e. The summed E-state index contributed by atoms with van der Waals surface area (Å²) in [6, 6.07) is 52.3. The molecule has 68 heavy (non-hydrogen) atoms. The van der Waals surface area contributed by atoms with E-state index < -0.39 is 0 Å². The number of benzene rings is 8. The van der Waals surface area contributed by atoms with E-state index in [1.165, 1.54) is 142 Å². The van der Waals surface area contributed by atoms with Crippen LogP contribution in [0, 0.1) is 0 Å². The second-order valence-electron chi connectivity index (χ2n) is 23.3. The molecule has 14 rings (SSSR count). The highest BCUT2D eigenvalue weighted by Gasteiger charge is 2.43. The molecule has 1 N–H and O–H groups in total. The lowest BCUT2D eigenvalue weighted by Gasteiger charge is -2.42. The van der Waals surface area contributed by atoms with Crippen LogP contribution in [0.15, 0.2) is 133 Å². The minimum absolute atomic E-state index is 0.0734. The molecule has 3 aromatic heterocycles. The summed E-state index contributed by atoms with van der Waals surface area (Å²) in [6.07, 6.45) is 2.41. The van der Waals surface area contributed by atoms with Crippen LogP contribution in [0.1, 0.15) is 103 Å². The van der Waals surface area contributed by atoms with E-state index in [0.717, 1.165) is 18.7 Å². The van der Waals surface area contributed by atoms with Gasteiger partial charge in [-0.1, -0.05) is 141 Å². The first-order valence-electron chi connectivity index (χ1n) is 24.7. The van der Waals surface area contributed by atoms with Crippen molar-refractivity contribution in [2.75, 3.05) is 5.32 Å². The van der Waals surface area contributed by atoms with Crippen molar-refractivity contribution in [1.82, 2.24) is 4.57 Å². The lowest BCUT2D eigenvalue weighted by molar-refractivity contribution is 0.331. The molecular formula is C63H55BN2S2. The Morgan fingerprint density at radius 1 is 0.515 bits per heavy atom. The first kappa shape index (κ1) is 40.9. The van der Waals surface area contributed by atoms with E-state index in [2.05, 4.69) is 206 Å². The molecule has 0 unspecified atom stereocenters. The SMILES string of the molecule is CC(C)(C)c1ccc(Nc2cc3c(cc2-c2ccc4c5cc6sc7ccccc7c6cc5n5c4c2Bc2cc4c(cc2-5)sc2ccccc24)C(C)(C)c2cc4c(cc2-3)C(C)(C)CCC4(C)C)cc1. The molecule has 8 aromatic carbocycles. The highest BCUT2D eigenvalue weighted by molar-refractivity contribution is 7.26. The minimum atomic E-state index is -0.179. The molecule has 0 saturated carbocycles. The first-order valence-corrected chi connectivity index (χ1v) is 26.3. The Bertz CT molecular complexity index is 4030. The average Bonchev–Trinajstić information content (AvgIpc) is 4.02. The quantitative estimate of drug-likeness (QED) is 0.175. The fourth-order valence-electron chi connectivity index (χ4n) is 12.8. The number of rotatable bonds is 3. The molecule has 0 bridgehead atoms. The van der Waals surface area contributed by atoms with Crippen LogP contribution in [0.2, 0.25) is 0 Å². The zero-order chi connectivity index (χ0) is 46.4. The molecule has 2 nitrogen and oxygen atoms in total. The molecule has 0 fully saturated rings. The second kappa shape index (κ2) is 13.6. The van der Waals surface area contributed by atoms with Crippen LogP contribution < -0.4 is 16.2 Å². The molecule has 5 heteroatoms. The standard InChI is InChI=1S/C63H55BN2S2/c1-60(2,3)34-18-20-35(21-19-34)65-51-29-41-40-26-48-49(62(6,7)25-24-61(48,4)5)32-47(40)63(8,9)46(41)27-42(51)38-22-23-39-43-31-56-45(37-15-11-13-17-55(37)67-56)30-52(43)66-53-33-57-44(28-50(53)64-58(38)59(39)66)36-14-10-12-16-54(36)68-57/h10-23,26-33,64-65H,24-25H2,1-9H3. The summed E-state index contributed by atoms with van der Waals surface area (Å²) in [5.74, 6) is 0. The predicted octanol–water partition coefficient (Wildman–Crippen LogP) is 16.6. The monoisotopic (exact) mass is 914 g/mol. The van der Waals surface area contributed by atoms with Crippen LogP contribution in [0.4, 0.5) is 11.4 Å². The maximum atomic E-state index is 4.08. The molecule has 1 aliphatic heterocycles. The van der Waals surface area contributed by atoms with Gasteiger partial charge in [-0.05, 0) is 145 Å². The number of hydrogen-bond acceptors (Lipinski definition) is 3. The second-order valence-corrected chi connectivity index (χ2v) is 25.4. The summed E-state index contributed by atoms with van der Waals surface area (Å²) in [7, 11) is 0.854. The first-order chi connectivity index (χ1) is 32.5. The van der Waals surface area contributed by atoms with E-state index in [-0.39, 0.29) is 21.7 Å². The topological polar surface area (TPSA) is 17.0 Å². The van der Waals surface area contributed by atoms with Gasteiger partial charge in [-0.2, -0.15) is 0 Å². The van der Waals surface area contributed by atoms with Gasteiger partial charge in [0.2, 0.25) is 0 Å². The van der Waals surface area contributed by atoms with Gasteiger partial charge in [0.05, 0.1) is 5.52 Å². The number of anilines is 2. The molecule has 0 atom stereocenters. The number of thiophene rings is 2. The van der Waals surface area contributed by atoms with Crippen LogP contribution in [0.5, 0.6) is 0 Å². The Morgan fingerprint density at radius 3 is 1.81 bits per heavy atom. The normalized spacial score (nSPS) is 16.4. The van der Waals surface area contributed by atoms with Crippen molar-refractivity contribution in [2.24, 2.45) is 0 Å². The molecule has 4 heterocycles. The summed E-state index contributed by atoms with van der Waals surface area (Å²) in [6.45, 7) is 21.7. The van der Waals surface area contributed by atoms with Gasteiger partial charge in [0, 0.05) is 79.3 Å². The molecular weight excluding hydrogens is 860 g/mol. The Hall–Kier alpha value is -6.14. The summed E-state index contributed by atoms with van der Waals surface area (Å²) < 4.78 is 8.03. The Balaban J connectivity index is 1.05. The Kier molecular flexibility index (Phi) is 8.15. The third-order valence-corrected chi connectivity index (χ3v) is 19.1. The number of hydrogen-bond donors (Lipinski definition) is 1. The molecule has 11 aromatic rings. The van der Waals surface area contributed by atoms with Crippen molar-refractivity contribution in [2.45, 2.75) is 96.8 Å². The van der Waals surface area contributed by atoms with Crippen molar-refractivity contribution in [3.8, 4) is 27.9 Å². The van der Waals surface area contributed by atoms with Crippen LogP contribution in [0.25, 0.3) is 90.1 Å². The van der Waals surface area contributed by atoms with Crippen molar-refractivity contribution in [1.29, 1.82) is 0 Å². The van der Waals surface area contributed by atoms with Crippen LogP contribution in [-0.2, 0) is 21.7 Å². The molecule has 0 amide bonds. The minimum Gasteiger partial charge on any atom is -0.355 e. The van der Waals surface area contributed by atoms with E-state index in [0.29, 0.717) is 0 Å². The fraction of sp³-hybridized carbons (Fsp3) is 0.238. The number of nitrogens with zero attached hydrogens (tertiary/aromatic N) is 1. The number of nitrogens with one attached hydrogen (secondary N) is 1. The summed E-state index contributed by atoms with van der Waals surface area (Å²) >= 11 is 3.83. The Morgan fingerprint density at radius 2 is 1.12 bits per heavy atom. The highest BCUT2D eigenvalue weighted by atomic mass is 32.1. The molecule has 0 spiro atoms. The van der Waals surface area contributed by atoms with Crippen molar-refractivity contribution in [3.63, 3.8) is 0 Å². The maximum absolute atomic E-state index is 4.08. The fourth-order valence-corrected chi connectivity index (χ4v) is 15.0. The van der Waals surface area contributed by atoms with Crippen LogP contribution in [-0.4, -0.2) is 11.8 Å². The Labute approximate surface area is 407 Å². The molecule has 0 radical (unpaired) electrons. The number of aromatic nitrogens is 1. The van der Waals surface area contributed by atoms with E-state index in [1.54, 1.807) is 0 Å². The highest BCUT2D eigenvalue weighted by Crippen LogP contribution is 2.56. The van der Waals surface area contributed by atoms with Crippen molar-refractivity contribution < 1.29 is 0 Å². The van der Waals surface area contributed by atoms with Gasteiger partial charge in [0.25, 0.3) is 0 Å². The van der Waals surface area contributed by atoms with E-state index in [9.17, 15) is 0 Å². The van der Waals surface area contributed by atoms with Gasteiger partial charge in [-0.25, -0.2) is 0 Å². The summed E-state index contributed by atoms with van der Waals surface area (Å²) in [5.41, 5.74) is 21.7. The predicted molar refractivity (Wildman–Crippen MR) is 300 cm³/mol. The van der Waals surface area contributed by atoms with Gasteiger partial charge in [0.1, 0.15) is 0 Å². The van der Waals surface area contributed by atoms with Crippen LogP contribution >= 0.6 is 22.7 Å². The van der Waals surface area contributed by atoms with Crippen LogP contribution in [0.3, 0.4) is 0 Å². The molecule has 332 valence electrons. The summed E-state index contributed by atoms with van der Waals surface area (Å²) in [4.78, 5) is 0. The van der Waals surface area contributed by atoms with Crippen molar-refractivity contribution >= 4 is 114 Å². The van der Waals surface area contributed by atoms with E-state index in [1.807, 2.05) is 22.7 Å². The third kappa shape index (κ3) is 5.64. The lowest BCUT2D eigenvalue weighted by Crippen LogP contribution is -2.37. The zero-order valence-electron chi connectivity index (χ0n) is 40.6. The van der Waals surface area contributed by atoms with Crippen molar-refractivity contribution in [3.05, 3.63) is 161 Å². The lowest BCUT2D eigenvalue weighted by atomic mass is 9.59. The molecule has 0 saturated heterocycles. The average molecular weight is 915 g/mol. The smallest absolute Gasteiger partial charge is 0.198 e. The van der Waals surface area contributed by atoms with Gasteiger partial charge >= 0.3 is 0 Å². The molecule has 3 aliphatic rings. The number of fused-ring (bicyclic) bond motifs is 15.